The minimum Gasteiger partial charge on any atom is -0.504 e. The molecule has 0 aromatic heterocycles. The minimum atomic E-state index is -0.310. The summed E-state index contributed by atoms with van der Waals surface area (Å²) in [6, 6.07) is 4.17. The van der Waals surface area contributed by atoms with Crippen molar-refractivity contribution >= 4 is 5.91 Å². The number of aryl methyl sites for hydroxylation is 1. The number of nitrogens with one attached hydrogen (secondary N) is 1. The Balaban J connectivity index is 0.00000144. The summed E-state index contributed by atoms with van der Waals surface area (Å²) in [6.07, 6.45) is 0. The normalized spacial score (nSPS) is 8.85. The van der Waals surface area contributed by atoms with Gasteiger partial charge in [-0.3, -0.25) is 11.8 Å². The first-order valence-corrected chi connectivity index (χ1v) is 3.48. The molecule has 0 atom stereocenters. The fourth-order valence-corrected chi connectivity index (χ4v) is 0.888. The van der Waals surface area contributed by atoms with Crippen LogP contribution in [0.15, 0.2) is 18.2 Å². The molecule has 13 heavy (non-hydrogen) atoms. The molecule has 0 saturated heterocycles. The van der Waals surface area contributed by atoms with E-state index in [0.29, 0.717) is 11.1 Å². The van der Waals surface area contributed by atoms with Gasteiger partial charge in [0, 0.05) is 5.56 Å². The summed E-state index contributed by atoms with van der Waals surface area (Å²) >= 11 is 0. The molecule has 0 heterocycles. The van der Waals surface area contributed by atoms with Gasteiger partial charge in [0.1, 0.15) is 5.82 Å². The summed E-state index contributed by atoms with van der Waals surface area (Å²) in [6.45, 7) is 1.61. The van der Waals surface area contributed by atoms with Crippen LogP contribution in [-0.4, -0.2) is 5.91 Å². The Hall–Kier alpha value is 0.256. The number of rotatable bonds is 1. The summed E-state index contributed by atoms with van der Waals surface area (Å²) in [4.78, 5) is 11.0. The van der Waals surface area contributed by atoms with Crippen molar-refractivity contribution in [2.45, 2.75) is 6.92 Å². The van der Waals surface area contributed by atoms with E-state index >= 15 is 0 Å². The van der Waals surface area contributed by atoms with Gasteiger partial charge < -0.3 is 5.32 Å². The number of amides is 1. The van der Waals surface area contributed by atoms with E-state index in [-0.39, 0.29) is 63.1 Å². The Bertz CT molecular complexity index is 314. The maximum Gasteiger partial charge on any atom is 1.00 e. The summed E-state index contributed by atoms with van der Waals surface area (Å²) in [5.41, 5.74) is 0.875. The number of hydrogen-bond acceptors (Lipinski definition) is 1. The van der Waals surface area contributed by atoms with Gasteiger partial charge in [-0.1, -0.05) is 0 Å². The van der Waals surface area contributed by atoms with Crippen LogP contribution in [0.5, 0.6) is 0 Å². The average Bonchev–Trinajstić information content (AvgIpc) is 2.08. The third kappa shape index (κ3) is 3.48. The van der Waals surface area contributed by atoms with Crippen molar-refractivity contribution in [1.29, 1.82) is 0 Å². The molecular formula is C9H9FKNO. The molecule has 4 heteroatoms. The molecule has 0 radical (unpaired) electrons. The predicted octanol–water partition coefficient (Wildman–Crippen LogP) is -1.34. The van der Waals surface area contributed by atoms with Crippen LogP contribution < -0.4 is 56.7 Å². The maximum atomic E-state index is 12.7. The zero-order chi connectivity index (χ0) is 9.14. The fraction of sp³-hybridized carbons (Fsp3) is 0.111. The summed E-state index contributed by atoms with van der Waals surface area (Å²) in [7, 11) is 3.22. The van der Waals surface area contributed by atoms with Gasteiger partial charge in [-0.25, -0.2) is 4.39 Å². The second kappa shape index (κ2) is 5.88. The van der Waals surface area contributed by atoms with E-state index in [4.69, 9.17) is 0 Å². The molecule has 0 bridgehead atoms. The van der Waals surface area contributed by atoms with Crippen LogP contribution in [0.3, 0.4) is 0 Å². The molecule has 0 aliphatic carbocycles. The molecule has 0 unspecified atom stereocenters. The largest absolute Gasteiger partial charge is 1.00 e. The summed E-state index contributed by atoms with van der Waals surface area (Å²) < 4.78 is 12.7. The number of halogens is 1. The standard InChI is InChI=1S/C9H9FNO.K/c1-6-5-7(9(12)11-2)3-4-8(6)10;/h3-5H,2H2,1H3,(H,11,12);/q-1;+1. The van der Waals surface area contributed by atoms with Crippen molar-refractivity contribution in [3.8, 4) is 0 Å². The van der Waals surface area contributed by atoms with Crippen molar-refractivity contribution < 1.29 is 60.6 Å². The maximum absolute atomic E-state index is 12.7. The van der Waals surface area contributed by atoms with E-state index in [9.17, 15) is 9.18 Å². The van der Waals surface area contributed by atoms with Crippen LogP contribution in [0, 0.1) is 19.8 Å². The minimum absolute atomic E-state index is 0. The van der Waals surface area contributed by atoms with E-state index in [1.54, 1.807) is 6.92 Å². The second-order valence-corrected chi connectivity index (χ2v) is 2.47. The van der Waals surface area contributed by atoms with Crippen LogP contribution in [0.2, 0.25) is 0 Å². The van der Waals surface area contributed by atoms with Crippen molar-refractivity contribution in [3.05, 3.63) is 42.2 Å². The Morgan fingerprint density at radius 3 is 2.62 bits per heavy atom. The molecule has 1 aromatic carbocycles. The van der Waals surface area contributed by atoms with Crippen LogP contribution in [0.1, 0.15) is 15.9 Å². The smallest absolute Gasteiger partial charge is 0.504 e. The Kier molecular flexibility index (Phi) is 5.99. The quantitative estimate of drug-likeness (QED) is 0.446. The average molecular weight is 205 g/mol. The molecule has 0 spiro atoms. The Morgan fingerprint density at radius 2 is 2.15 bits per heavy atom. The number of carbonyl (C=O) groups excluding carboxylic acids is 1. The number of benzene rings is 1. The first-order valence-electron chi connectivity index (χ1n) is 3.48. The van der Waals surface area contributed by atoms with Gasteiger partial charge in [-0.2, -0.15) is 0 Å². The molecule has 1 aromatic rings. The third-order valence-corrected chi connectivity index (χ3v) is 1.58. The first kappa shape index (κ1) is 13.3. The zero-order valence-corrected chi connectivity index (χ0v) is 10.8. The molecule has 64 valence electrons. The second-order valence-electron chi connectivity index (χ2n) is 2.47. The summed E-state index contributed by atoms with van der Waals surface area (Å²) in [5, 5.41) is 2.22. The summed E-state index contributed by atoms with van der Waals surface area (Å²) in [5.74, 6) is -0.617. The molecule has 1 amide bonds. The predicted molar refractivity (Wildman–Crippen MR) is 44.0 cm³/mol. The first-order chi connectivity index (χ1) is 5.65. The van der Waals surface area contributed by atoms with E-state index in [1.165, 1.54) is 18.2 Å². The van der Waals surface area contributed by atoms with Gasteiger partial charge in [0.25, 0.3) is 0 Å². The number of carbonyl (C=O) groups is 1. The van der Waals surface area contributed by atoms with Crippen molar-refractivity contribution in [3.63, 3.8) is 0 Å². The fourth-order valence-electron chi connectivity index (χ4n) is 0.888. The Morgan fingerprint density at radius 1 is 1.54 bits per heavy atom. The van der Waals surface area contributed by atoms with Gasteiger partial charge in [0.15, 0.2) is 0 Å². The van der Waals surface area contributed by atoms with Crippen molar-refractivity contribution in [1.82, 2.24) is 5.32 Å². The van der Waals surface area contributed by atoms with E-state index in [0.717, 1.165) is 0 Å². The molecule has 0 aliphatic heterocycles. The van der Waals surface area contributed by atoms with Gasteiger partial charge in [0.05, 0.1) is 0 Å². The van der Waals surface area contributed by atoms with Gasteiger partial charge in [-0.05, 0) is 30.7 Å². The zero-order valence-electron chi connectivity index (χ0n) is 7.73. The van der Waals surface area contributed by atoms with Gasteiger partial charge >= 0.3 is 51.4 Å². The number of hydrogen-bond donors (Lipinski definition) is 1. The molecule has 0 aliphatic rings. The molecule has 1 N–H and O–H groups in total. The Labute approximate surface area is 119 Å². The van der Waals surface area contributed by atoms with Crippen molar-refractivity contribution in [2.75, 3.05) is 0 Å². The third-order valence-electron chi connectivity index (χ3n) is 1.58. The van der Waals surface area contributed by atoms with E-state index < -0.39 is 0 Å². The molecule has 1 rings (SSSR count). The van der Waals surface area contributed by atoms with Crippen LogP contribution >= 0.6 is 0 Å². The topological polar surface area (TPSA) is 29.1 Å². The van der Waals surface area contributed by atoms with Gasteiger partial charge in [-0.15, -0.1) is 0 Å². The van der Waals surface area contributed by atoms with Crippen LogP contribution in [-0.2, 0) is 0 Å². The molecular weight excluding hydrogens is 196 g/mol. The monoisotopic (exact) mass is 205 g/mol. The van der Waals surface area contributed by atoms with E-state index in [1.807, 2.05) is 0 Å². The van der Waals surface area contributed by atoms with E-state index in [2.05, 4.69) is 12.4 Å². The van der Waals surface area contributed by atoms with Crippen molar-refractivity contribution in [2.24, 2.45) is 0 Å². The van der Waals surface area contributed by atoms with Gasteiger partial charge in [0.2, 0.25) is 5.91 Å². The molecule has 0 fully saturated rings. The SMILES string of the molecule is [CH2-]NC(=O)c1ccc(F)c(C)c1.[K+]. The molecule has 0 saturated carbocycles. The van der Waals surface area contributed by atoms with Crippen LogP contribution in [0.4, 0.5) is 4.39 Å². The van der Waals surface area contributed by atoms with Crippen LogP contribution in [0.25, 0.3) is 0 Å². The molecule has 2 nitrogen and oxygen atoms in total.